The molecule has 1 unspecified atom stereocenters. The summed E-state index contributed by atoms with van der Waals surface area (Å²) in [5.41, 5.74) is 3.51. The number of fused-ring (bicyclic) bond motifs is 1. The maximum atomic E-state index is 12.8. The molecule has 0 fully saturated rings. The van der Waals surface area contributed by atoms with Crippen molar-refractivity contribution in [2.24, 2.45) is 0 Å². The summed E-state index contributed by atoms with van der Waals surface area (Å²) >= 11 is 0. The molecule has 10 heteroatoms. The Morgan fingerprint density at radius 2 is 1.69 bits per heavy atom. The van der Waals surface area contributed by atoms with E-state index in [4.69, 9.17) is 4.74 Å². The van der Waals surface area contributed by atoms with Crippen molar-refractivity contribution in [2.75, 3.05) is 18.1 Å². The van der Waals surface area contributed by atoms with Crippen molar-refractivity contribution in [3.8, 4) is 17.2 Å². The predicted octanol–water partition coefficient (Wildman–Crippen LogP) is 6.06. The lowest BCUT2D eigenvalue weighted by Crippen LogP contribution is -2.17. The van der Waals surface area contributed by atoms with E-state index in [-0.39, 0.29) is 17.4 Å². The first-order valence-electron chi connectivity index (χ1n) is 10.6. The Hall–Kier alpha value is -3.66. The molecule has 1 atom stereocenters. The number of anilines is 1. The van der Waals surface area contributed by atoms with Crippen LogP contribution < -0.4 is 14.2 Å². The molecule has 0 aliphatic carbocycles. The minimum atomic E-state index is -4.81. The SMILES string of the molecule is COc1cc(OC(F)(F)F)cc(C(C)c2cccc(-n3ccc4ccc(NS(C)(=O)=O)cc43)c2)c1. The lowest BCUT2D eigenvalue weighted by Gasteiger charge is -2.18. The maximum absolute atomic E-state index is 12.8. The fourth-order valence-electron chi connectivity index (χ4n) is 3.92. The molecular formula is C25H23F3N2O4S. The number of sulfonamides is 1. The standard InChI is InChI=1S/C25H23F3N2O4S/c1-16(19-12-22(33-2)15-23(13-19)34-25(26,27)28)18-5-4-6-21(11-18)30-10-9-17-7-8-20(14-24(17)30)29-35(3,31)32/h4-16,29H,1-3H3. The van der Waals surface area contributed by atoms with Gasteiger partial charge < -0.3 is 14.0 Å². The molecule has 1 heterocycles. The number of nitrogens with one attached hydrogen (secondary N) is 1. The quantitative estimate of drug-likeness (QED) is 0.332. The van der Waals surface area contributed by atoms with E-state index in [0.29, 0.717) is 11.3 Å². The van der Waals surface area contributed by atoms with Crippen molar-refractivity contribution in [3.05, 3.63) is 84.1 Å². The highest BCUT2D eigenvalue weighted by Crippen LogP contribution is 2.34. The number of hydrogen-bond acceptors (Lipinski definition) is 4. The third-order valence-corrected chi connectivity index (χ3v) is 6.12. The molecule has 35 heavy (non-hydrogen) atoms. The van der Waals surface area contributed by atoms with Crippen LogP contribution in [0.4, 0.5) is 18.9 Å². The van der Waals surface area contributed by atoms with Gasteiger partial charge in [-0.25, -0.2) is 8.42 Å². The summed E-state index contributed by atoms with van der Waals surface area (Å²) in [6, 6.07) is 19.0. The van der Waals surface area contributed by atoms with Gasteiger partial charge in [-0.1, -0.05) is 25.1 Å². The van der Waals surface area contributed by atoms with Crippen molar-refractivity contribution < 1.29 is 31.1 Å². The molecule has 1 aromatic heterocycles. The van der Waals surface area contributed by atoms with Crippen LogP contribution in [0.3, 0.4) is 0 Å². The lowest BCUT2D eigenvalue weighted by molar-refractivity contribution is -0.274. The number of aromatic nitrogens is 1. The average molecular weight is 505 g/mol. The Balaban J connectivity index is 1.71. The number of hydrogen-bond donors (Lipinski definition) is 1. The summed E-state index contributed by atoms with van der Waals surface area (Å²) in [6.07, 6.45) is -1.85. The molecule has 4 rings (SSSR count). The van der Waals surface area contributed by atoms with Crippen molar-refractivity contribution >= 4 is 26.6 Å². The lowest BCUT2D eigenvalue weighted by atomic mass is 9.92. The number of nitrogens with zero attached hydrogens (tertiary/aromatic N) is 1. The first-order valence-corrected chi connectivity index (χ1v) is 12.4. The molecular weight excluding hydrogens is 481 g/mol. The molecule has 6 nitrogen and oxygen atoms in total. The normalized spacial score (nSPS) is 13.0. The molecule has 3 aromatic carbocycles. The molecule has 0 bridgehead atoms. The fraction of sp³-hybridized carbons (Fsp3) is 0.200. The van der Waals surface area contributed by atoms with Crippen LogP contribution in [0.5, 0.6) is 11.5 Å². The van der Waals surface area contributed by atoms with Gasteiger partial charge in [0.15, 0.2) is 0 Å². The minimum absolute atomic E-state index is 0.257. The van der Waals surface area contributed by atoms with Gasteiger partial charge >= 0.3 is 6.36 Å². The molecule has 4 aromatic rings. The summed E-state index contributed by atoms with van der Waals surface area (Å²) in [4.78, 5) is 0. The summed E-state index contributed by atoms with van der Waals surface area (Å²) in [7, 11) is -2.05. The zero-order valence-electron chi connectivity index (χ0n) is 19.1. The summed E-state index contributed by atoms with van der Waals surface area (Å²) in [5, 5.41) is 0.921. The molecule has 1 N–H and O–H groups in total. The molecule has 0 aliphatic rings. The topological polar surface area (TPSA) is 69.6 Å². The van der Waals surface area contributed by atoms with Crippen LogP contribution in [-0.4, -0.2) is 32.7 Å². The van der Waals surface area contributed by atoms with Gasteiger partial charge in [-0.3, -0.25) is 4.72 Å². The predicted molar refractivity (Wildman–Crippen MR) is 129 cm³/mol. The smallest absolute Gasteiger partial charge is 0.497 e. The highest BCUT2D eigenvalue weighted by Gasteiger charge is 2.31. The van der Waals surface area contributed by atoms with Crippen LogP contribution in [0, 0.1) is 0 Å². The van der Waals surface area contributed by atoms with Crippen LogP contribution in [0.1, 0.15) is 24.0 Å². The summed E-state index contributed by atoms with van der Waals surface area (Å²) in [5.74, 6) is -0.367. The average Bonchev–Trinajstić information content (AvgIpc) is 3.19. The Labute approximate surface area is 201 Å². The third kappa shape index (κ3) is 5.89. The first-order chi connectivity index (χ1) is 16.4. The second-order valence-corrected chi connectivity index (χ2v) is 9.89. The largest absolute Gasteiger partial charge is 0.573 e. The highest BCUT2D eigenvalue weighted by molar-refractivity contribution is 7.92. The first kappa shape index (κ1) is 24.5. The zero-order chi connectivity index (χ0) is 25.4. The monoisotopic (exact) mass is 504 g/mol. The summed E-state index contributed by atoms with van der Waals surface area (Å²) < 4.78 is 75.3. The molecule has 0 radical (unpaired) electrons. The Bertz CT molecular complexity index is 1480. The van der Waals surface area contributed by atoms with E-state index in [0.717, 1.165) is 28.4 Å². The fourth-order valence-corrected chi connectivity index (χ4v) is 4.48. The van der Waals surface area contributed by atoms with Gasteiger partial charge in [0, 0.05) is 29.3 Å². The highest BCUT2D eigenvalue weighted by atomic mass is 32.2. The molecule has 0 amide bonds. The van der Waals surface area contributed by atoms with Crippen LogP contribution in [0.15, 0.2) is 72.9 Å². The minimum Gasteiger partial charge on any atom is -0.497 e. The molecule has 0 saturated heterocycles. The van der Waals surface area contributed by atoms with Gasteiger partial charge in [-0.2, -0.15) is 0 Å². The third-order valence-electron chi connectivity index (χ3n) is 5.52. The van der Waals surface area contributed by atoms with Gasteiger partial charge in [0.2, 0.25) is 10.0 Å². The van der Waals surface area contributed by atoms with Crippen LogP contribution >= 0.6 is 0 Å². The van der Waals surface area contributed by atoms with E-state index in [1.807, 2.05) is 54.1 Å². The second-order valence-electron chi connectivity index (χ2n) is 8.14. The van der Waals surface area contributed by atoms with E-state index < -0.39 is 16.4 Å². The van der Waals surface area contributed by atoms with Gasteiger partial charge in [0.25, 0.3) is 0 Å². The van der Waals surface area contributed by atoms with Crippen LogP contribution in [0.2, 0.25) is 0 Å². The van der Waals surface area contributed by atoms with E-state index in [1.54, 1.807) is 18.2 Å². The van der Waals surface area contributed by atoms with Crippen LogP contribution in [0.25, 0.3) is 16.6 Å². The van der Waals surface area contributed by atoms with Gasteiger partial charge in [0.1, 0.15) is 11.5 Å². The van der Waals surface area contributed by atoms with Crippen molar-refractivity contribution in [1.29, 1.82) is 0 Å². The second kappa shape index (κ2) is 9.18. The summed E-state index contributed by atoms with van der Waals surface area (Å²) in [6.45, 7) is 1.88. The number of methoxy groups -OCH3 is 1. The zero-order valence-corrected chi connectivity index (χ0v) is 19.9. The van der Waals surface area contributed by atoms with E-state index >= 15 is 0 Å². The number of alkyl halides is 3. The van der Waals surface area contributed by atoms with Gasteiger partial charge in [0.05, 0.1) is 24.6 Å². The number of benzene rings is 3. The number of ether oxygens (including phenoxy) is 2. The van der Waals surface area contributed by atoms with Crippen molar-refractivity contribution in [3.63, 3.8) is 0 Å². The number of halogens is 3. The van der Waals surface area contributed by atoms with Crippen molar-refractivity contribution in [2.45, 2.75) is 19.2 Å². The van der Waals surface area contributed by atoms with Crippen LogP contribution in [-0.2, 0) is 10.0 Å². The number of rotatable bonds is 7. The van der Waals surface area contributed by atoms with E-state index in [9.17, 15) is 21.6 Å². The van der Waals surface area contributed by atoms with E-state index in [1.165, 1.54) is 19.2 Å². The molecule has 0 saturated carbocycles. The maximum Gasteiger partial charge on any atom is 0.573 e. The Morgan fingerprint density at radius 3 is 2.37 bits per heavy atom. The van der Waals surface area contributed by atoms with E-state index in [2.05, 4.69) is 9.46 Å². The Kier molecular flexibility index (Phi) is 6.42. The Morgan fingerprint density at radius 1 is 0.943 bits per heavy atom. The van der Waals surface area contributed by atoms with Crippen molar-refractivity contribution in [1.82, 2.24) is 4.57 Å². The van der Waals surface area contributed by atoms with Gasteiger partial charge in [-0.05, 0) is 53.6 Å². The molecule has 184 valence electrons. The van der Waals surface area contributed by atoms with Gasteiger partial charge in [-0.15, -0.1) is 13.2 Å². The molecule has 0 aliphatic heterocycles. The molecule has 0 spiro atoms.